The highest BCUT2D eigenvalue weighted by Crippen LogP contribution is 2.27. The van der Waals surface area contributed by atoms with Crippen LogP contribution in [0, 0.1) is 5.82 Å². The van der Waals surface area contributed by atoms with Gasteiger partial charge >= 0.3 is 0 Å². The molecular weight excluding hydrogens is 467 g/mol. The lowest BCUT2D eigenvalue weighted by Crippen LogP contribution is -2.31. The van der Waals surface area contributed by atoms with Crippen molar-refractivity contribution in [2.75, 3.05) is 30.5 Å². The number of amides is 1. The molecule has 0 atom stereocenters. The standard InChI is InChI=1S/C20H19FN8O4S/c1-33-18-5-3-4-15(25-18)19-27-20(26-14-6-7-22-9-13(14)21)16-8-12(11-29(16)28-19)24-17(30)10-23-34(2,31)32/h3-9,11,23H,10H2,1-2H3,(H,24,30)(H,22,26,27,28). The summed E-state index contributed by atoms with van der Waals surface area (Å²) in [6.45, 7) is -0.441. The van der Waals surface area contributed by atoms with Gasteiger partial charge in [0.15, 0.2) is 11.6 Å². The van der Waals surface area contributed by atoms with Crippen molar-refractivity contribution in [1.82, 2.24) is 29.3 Å². The minimum atomic E-state index is -3.53. The largest absolute Gasteiger partial charge is 0.481 e. The minimum Gasteiger partial charge on any atom is -0.481 e. The number of aromatic nitrogens is 5. The van der Waals surface area contributed by atoms with Gasteiger partial charge in [0.25, 0.3) is 0 Å². The van der Waals surface area contributed by atoms with Crippen molar-refractivity contribution in [2.45, 2.75) is 0 Å². The topological polar surface area (TPSA) is 152 Å². The molecular formula is C20H19FN8O4S. The van der Waals surface area contributed by atoms with Crippen molar-refractivity contribution >= 4 is 38.6 Å². The van der Waals surface area contributed by atoms with Crippen LogP contribution in [0.1, 0.15) is 0 Å². The van der Waals surface area contributed by atoms with Crippen LogP contribution in [-0.2, 0) is 14.8 Å². The van der Waals surface area contributed by atoms with Gasteiger partial charge in [-0.2, -0.15) is 0 Å². The molecule has 0 bridgehead atoms. The quantitative estimate of drug-likeness (QED) is 0.337. The number of pyridine rings is 2. The van der Waals surface area contributed by atoms with Gasteiger partial charge in [-0.3, -0.25) is 9.78 Å². The van der Waals surface area contributed by atoms with Gasteiger partial charge in [-0.15, -0.1) is 5.10 Å². The minimum absolute atomic E-state index is 0.129. The molecule has 12 nitrogen and oxygen atoms in total. The normalized spacial score (nSPS) is 11.4. The number of nitrogens with zero attached hydrogens (tertiary/aromatic N) is 5. The maximum atomic E-state index is 14.2. The van der Waals surface area contributed by atoms with Crippen molar-refractivity contribution in [3.05, 3.63) is 54.7 Å². The monoisotopic (exact) mass is 486 g/mol. The van der Waals surface area contributed by atoms with Gasteiger partial charge in [-0.05, 0) is 18.2 Å². The van der Waals surface area contributed by atoms with E-state index >= 15 is 0 Å². The Morgan fingerprint density at radius 1 is 1.24 bits per heavy atom. The first-order valence-electron chi connectivity index (χ1n) is 9.75. The van der Waals surface area contributed by atoms with Gasteiger partial charge in [-0.1, -0.05) is 6.07 Å². The molecule has 1 amide bonds. The summed E-state index contributed by atoms with van der Waals surface area (Å²) in [5.41, 5.74) is 1.26. The Kier molecular flexibility index (Phi) is 6.34. The number of hydrogen-bond acceptors (Lipinski definition) is 9. The summed E-state index contributed by atoms with van der Waals surface area (Å²) in [6.07, 6.45) is 4.94. The molecule has 34 heavy (non-hydrogen) atoms. The molecule has 0 spiro atoms. The van der Waals surface area contributed by atoms with Crippen LogP contribution in [0.2, 0.25) is 0 Å². The summed E-state index contributed by atoms with van der Waals surface area (Å²) in [4.78, 5) is 24.7. The lowest BCUT2D eigenvalue weighted by Gasteiger charge is -2.10. The number of hydrogen-bond donors (Lipinski definition) is 3. The van der Waals surface area contributed by atoms with Crippen molar-refractivity contribution in [3.8, 4) is 17.4 Å². The van der Waals surface area contributed by atoms with Crippen LogP contribution in [0.4, 0.5) is 21.6 Å². The lowest BCUT2D eigenvalue weighted by molar-refractivity contribution is -0.115. The third-order valence-electron chi connectivity index (χ3n) is 4.43. The number of ether oxygens (including phenoxy) is 1. The number of carbonyl (C=O) groups is 1. The first-order valence-corrected chi connectivity index (χ1v) is 11.6. The Morgan fingerprint density at radius 3 is 2.79 bits per heavy atom. The Bertz CT molecular complexity index is 1470. The molecule has 3 N–H and O–H groups in total. The van der Waals surface area contributed by atoms with E-state index in [0.717, 1.165) is 12.5 Å². The van der Waals surface area contributed by atoms with Gasteiger partial charge in [0.2, 0.25) is 27.6 Å². The van der Waals surface area contributed by atoms with E-state index in [2.05, 4.69) is 35.4 Å². The Balaban J connectivity index is 1.74. The van der Waals surface area contributed by atoms with E-state index in [4.69, 9.17) is 4.74 Å². The van der Waals surface area contributed by atoms with E-state index in [-0.39, 0.29) is 17.3 Å². The molecule has 0 aromatic carbocycles. The molecule has 0 aliphatic carbocycles. The summed E-state index contributed by atoms with van der Waals surface area (Å²) in [6, 6.07) is 8.08. The third kappa shape index (κ3) is 5.41. The molecule has 4 aromatic heterocycles. The van der Waals surface area contributed by atoms with Crippen LogP contribution in [0.3, 0.4) is 0 Å². The maximum Gasteiger partial charge on any atom is 0.239 e. The predicted molar refractivity (Wildman–Crippen MR) is 122 cm³/mol. The number of rotatable bonds is 8. The Labute approximate surface area is 193 Å². The molecule has 14 heteroatoms. The van der Waals surface area contributed by atoms with E-state index in [1.165, 1.54) is 30.1 Å². The second-order valence-corrected chi connectivity index (χ2v) is 8.86. The summed E-state index contributed by atoms with van der Waals surface area (Å²) >= 11 is 0. The van der Waals surface area contributed by atoms with Crippen molar-refractivity contribution in [3.63, 3.8) is 0 Å². The van der Waals surface area contributed by atoms with Crippen LogP contribution < -0.4 is 20.1 Å². The number of sulfonamides is 1. The van der Waals surface area contributed by atoms with Gasteiger partial charge in [0, 0.05) is 12.3 Å². The van der Waals surface area contributed by atoms with Crippen molar-refractivity contribution in [2.24, 2.45) is 0 Å². The molecule has 0 fully saturated rings. The van der Waals surface area contributed by atoms with E-state index in [9.17, 15) is 17.6 Å². The molecule has 4 rings (SSSR count). The van der Waals surface area contributed by atoms with Gasteiger partial charge in [0.1, 0.15) is 11.2 Å². The highest BCUT2D eigenvalue weighted by Gasteiger charge is 2.16. The molecule has 4 heterocycles. The molecule has 0 saturated heterocycles. The highest BCUT2D eigenvalue weighted by molar-refractivity contribution is 7.88. The van der Waals surface area contributed by atoms with Crippen LogP contribution in [-0.4, -0.2) is 58.8 Å². The Hall–Kier alpha value is -4.17. The van der Waals surface area contributed by atoms with Crippen molar-refractivity contribution < 1.29 is 22.3 Å². The van der Waals surface area contributed by atoms with Crippen LogP contribution in [0.25, 0.3) is 17.0 Å². The summed E-state index contributed by atoms with van der Waals surface area (Å²) in [5, 5.41) is 9.93. The summed E-state index contributed by atoms with van der Waals surface area (Å²) in [7, 11) is -2.05. The third-order valence-corrected chi connectivity index (χ3v) is 5.10. The van der Waals surface area contributed by atoms with E-state index < -0.39 is 28.3 Å². The zero-order valence-electron chi connectivity index (χ0n) is 18.0. The smallest absolute Gasteiger partial charge is 0.239 e. The molecule has 176 valence electrons. The lowest BCUT2D eigenvalue weighted by atomic mass is 10.3. The fourth-order valence-electron chi connectivity index (χ4n) is 2.93. The number of nitrogens with one attached hydrogen (secondary N) is 3. The van der Waals surface area contributed by atoms with Gasteiger partial charge in [-0.25, -0.2) is 32.0 Å². The van der Waals surface area contributed by atoms with Crippen LogP contribution >= 0.6 is 0 Å². The highest BCUT2D eigenvalue weighted by atomic mass is 32.2. The number of methoxy groups -OCH3 is 1. The number of carbonyl (C=O) groups excluding carboxylic acids is 1. The molecule has 0 radical (unpaired) electrons. The molecule has 4 aromatic rings. The number of halogens is 1. The van der Waals surface area contributed by atoms with E-state index in [0.29, 0.717) is 22.8 Å². The fourth-order valence-corrected chi connectivity index (χ4v) is 3.32. The second-order valence-electron chi connectivity index (χ2n) is 7.03. The Morgan fingerprint density at radius 2 is 2.06 bits per heavy atom. The molecule has 0 unspecified atom stereocenters. The maximum absolute atomic E-state index is 14.2. The van der Waals surface area contributed by atoms with Gasteiger partial charge < -0.3 is 15.4 Å². The van der Waals surface area contributed by atoms with Crippen LogP contribution in [0.5, 0.6) is 5.88 Å². The van der Waals surface area contributed by atoms with E-state index in [1.54, 1.807) is 24.3 Å². The first kappa shape index (κ1) is 23.0. The number of anilines is 3. The summed E-state index contributed by atoms with van der Waals surface area (Å²) in [5.74, 6) is -0.384. The average molecular weight is 486 g/mol. The van der Waals surface area contributed by atoms with Gasteiger partial charge in [0.05, 0.1) is 43.7 Å². The average Bonchev–Trinajstić information content (AvgIpc) is 3.21. The fraction of sp³-hybridized carbons (Fsp3) is 0.150. The van der Waals surface area contributed by atoms with E-state index in [1.807, 2.05) is 0 Å². The predicted octanol–water partition coefficient (Wildman–Crippen LogP) is 1.57. The number of fused-ring (bicyclic) bond motifs is 1. The SMILES string of the molecule is COc1cccc(-c2nc(Nc3ccncc3F)c3cc(NC(=O)CNS(C)(=O)=O)cn3n2)n1. The van der Waals surface area contributed by atoms with Crippen LogP contribution in [0.15, 0.2) is 48.9 Å². The van der Waals surface area contributed by atoms with Crippen molar-refractivity contribution in [1.29, 1.82) is 0 Å². The molecule has 0 aliphatic rings. The summed E-state index contributed by atoms with van der Waals surface area (Å²) < 4.78 is 45.4. The first-order chi connectivity index (χ1) is 16.2. The zero-order chi connectivity index (χ0) is 24.3. The molecule has 0 saturated carbocycles. The second kappa shape index (κ2) is 9.36. The molecule has 0 aliphatic heterocycles. The zero-order valence-corrected chi connectivity index (χ0v) is 18.8.